The van der Waals surface area contributed by atoms with Crippen molar-refractivity contribution in [1.82, 2.24) is 25.0 Å². The van der Waals surface area contributed by atoms with Gasteiger partial charge in [0.2, 0.25) is 0 Å². The highest BCUT2D eigenvalue weighted by atomic mass is 32.1. The van der Waals surface area contributed by atoms with Gasteiger partial charge in [-0.25, -0.2) is 0 Å². The number of anilines is 1. The van der Waals surface area contributed by atoms with E-state index in [9.17, 15) is 0 Å². The zero-order valence-corrected chi connectivity index (χ0v) is 13.7. The van der Waals surface area contributed by atoms with Gasteiger partial charge in [0.25, 0.3) is 5.89 Å². The molecule has 0 bridgehead atoms. The Balaban J connectivity index is 1.53. The summed E-state index contributed by atoms with van der Waals surface area (Å²) in [5, 5.41) is 17.7. The van der Waals surface area contributed by atoms with Crippen LogP contribution in [0.3, 0.4) is 0 Å². The van der Waals surface area contributed by atoms with Crippen molar-refractivity contribution < 1.29 is 4.42 Å². The van der Waals surface area contributed by atoms with Gasteiger partial charge in [-0.15, -0.1) is 16.4 Å². The third-order valence-electron chi connectivity index (χ3n) is 3.43. The summed E-state index contributed by atoms with van der Waals surface area (Å²) in [4.78, 5) is 5.10. The predicted molar refractivity (Wildman–Crippen MR) is 91.4 cm³/mol. The van der Waals surface area contributed by atoms with Crippen LogP contribution in [0.4, 0.5) is 6.01 Å². The van der Waals surface area contributed by atoms with Gasteiger partial charge in [0.15, 0.2) is 0 Å². The van der Waals surface area contributed by atoms with Crippen LogP contribution in [0.2, 0.25) is 0 Å². The van der Waals surface area contributed by atoms with Crippen molar-refractivity contribution in [3.05, 3.63) is 53.8 Å². The van der Waals surface area contributed by atoms with Crippen LogP contribution in [0, 0.1) is 0 Å². The molecule has 4 aromatic heterocycles. The van der Waals surface area contributed by atoms with Crippen LogP contribution in [0.1, 0.15) is 5.56 Å². The lowest BCUT2D eigenvalue weighted by Crippen LogP contribution is -2.00. The van der Waals surface area contributed by atoms with Crippen LogP contribution in [-0.2, 0) is 13.6 Å². The van der Waals surface area contributed by atoms with Crippen molar-refractivity contribution in [2.45, 2.75) is 6.54 Å². The van der Waals surface area contributed by atoms with Crippen LogP contribution in [-0.4, -0.2) is 25.0 Å². The molecule has 0 aliphatic rings. The quantitative estimate of drug-likeness (QED) is 0.602. The number of nitrogens with zero attached hydrogens (tertiary/aromatic N) is 5. The second kappa shape index (κ2) is 6.25. The normalized spacial score (nSPS) is 10.9. The monoisotopic (exact) mass is 338 g/mol. The average Bonchev–Trinajstić information content (AvgIpc) is 3.34. The van der Waals surface area contributed by atoms with Gasteiger partial charge in [0.05, 0.1) is 10.6 Å². The van der Waals surface area contributed by atoms with Crippen LogP contribution < -0.4 is 5.32 Å². The van der Waals surface area contributed by atoms with Crippen molar-refractivity contribution in [2.75, 3.05) is 5.32 Å². The molecule has 0 saturated carbocycles. The first-order valence-corrected chi connectivity index (χ1v) is 8.22. The summed E-state index contributed by atoms with van der Waals surface area (Å²) in [6.45, 7) is 0.532. The van der Waals surface area contributed by atoms with Crippen LogP contribution in [0.25, 0.3) is 22.0 Å². The number of rotatable bonds is 5. The standard InChI is InChI=1S/C16H14N6OS/c1-22-10-12(14(21-22)11-4-2-6-17-8-11)9-18-16-20-19-15(23-16)13-5-3-7-24-13/h2-8,10H,9H2,1H3,(H,18,20). The summed E-state index contributed by atoms with van der Waals surface area (Å²) < 4.78 is 7.42. The first kappa shape index (κ1) is 14.6. The maximum Gasteiger partial charge on any atom is 0.316 e. The van der Waals surface area contributed by atoms with E-state index in [-0.39, 0.29) is 0 Å². The summed E-state index contributed by atoms with van der Waals surface area (Å²) in [5.41, 5.74) is 2.89. The van der Waals surface area contributed by atoms with Gasteiger partial charge in [-0.05, 0) is 23.6 Å². The largest absolute Gasteiger partial charge is 0.403 e. The zero-order chi connectivity index (χ0) is 16.4. The Morgan fingerprint density at radius 2 is 2.21 bits per heavy atom. The molecule has 1 N–H and O–H groups in total. The first-order valence-electron chi connectivity index (χ1n) is 7.34. The molecule has 0 amide bonds. The maximum atomic E-state index is 5.64. The number of hydrogen-bond donors (Lipinski definition) is 1. The van der Waals surface area contributed by atoms with E-state index in [1.54, 1.807) is 28.4 Å². The fraction of sp³-hybridized carbons (Fsp3) is 0.125. The van der Waals surface area contributed by atoms with Gasteiger partial charge in [0.1, 0.15) is 0 Å². The molecule has 4 rings (SSSR count). The topological polar surface area (TPSA) is 81.7 Å². The smallest absolute Gasteiger partial charge is 0.316 e. The van der Waals surface area contributed by atoms with E-state index in [1.807, 2.05) is 42.9 Å². The predicted octanol–water partition coefficient (Wildman–Crippen LogP) is 3.21. The molecule has 0 spiro atoms. The fourth-order valence-corrected chi connectivity index (χ4v) is 3.02. The van der Waals surface area contributed by atoms with Gasteiger partial charge in [-0.1, -0.05) is 11.2 Å². The van der Waals surface area contributed by atoms with Crippen molar-refractivity contribution in [2.24, 2.45) is 7.05 Å². The van der Waals surface area contributed by atoms with Crippen LogP contribution >= 0.6 is 11.3 Å². The number of thiophene rings is 1. The number of hydrogen-bond acceptors (Lipinski definition) is 7. The highest BCUT2D eigenvalue weighted by molar-refractivity contribution is 7.13. The van der Waals surface area contributed by atoms with Gasteiger partial charge in [-0.3, -0.25) is 9.67 Å². The molecule has 4 heterocycles. The Hall–Kier alpha value is -3.00. The minimum Gasteiger partial charge on any atom is -0.403 e. The van der Waals surface area contributed by atoms with Crippen LogP contribution in [0.5, 0.6) is 0 Å². The summed E-state index contributed by atoms with van der Waals surface area (Å²) in [7, 11) is 1.89. The summed E-state index contributed by atoms with van der Waals surface area (Å²) >= 11 is 1.56. The molecule has 0 saturated heterocycles. The Morgan fingerprint density at radius 1 is 1.25 bits per heavy atom. The maximum absolute atomic E-state index is 5.64. The molecule has 0 aliphatic heterocycles. The average molecular weight is 338 g/mol. The van der Waals surface area contributed by atoms with E-state index < -0.39 is 0 Å². The molecular weight excluding hydrogens is 324 g/mol. The van der Waals surface area contributed by atoms with E-state index in [1.165, 1.54) is 0 Å². The van der Waals surface area contributed by atoms with Gasteiger partial charge in [0, 0.05) is 43.3 Å². The minimum absolute atomic E-state index is 0.388. The van der Waals surface area contributed by atoms with E-state index in [4.69, 9.17) is 4.42 Å². The van der Waals surface area contributed by atoms with Crippen molar-refractivity contribution in [3.63, 3.8) is 0 Å². The Morgan fingerprint density at radius 3 is 3.00 bits per heavy atom. The lowest BCUT2D eigenvalue weighted by molar-refractivity contribution is 0.582. The molecule has 0 radical (unpaired) electrons. The van der Waals surface area contributed by atoms with Crippen molar-refractivity contribution in [1.29, 1.82) is 0 Å². The Labute approximate surface area is 142 Å². The highest BCUT2D eigenvalue weighted by Gasteiger charge is 2.13. The van der Waals surface area contributed by atoms with Crippen molar-refractivity contribution >= 4 is 17.4 Å². The molecule has 0 aliphatic carbocycles. The second-order valence-electron chi connectivity index (χ2n) is 5.16. The molecule has 0 unspecified atom stereocenters. The number of aryl methyl sites for hydroxylation is 1. The molecule has 0 fully saturated rings. The third kappa shape index (κ3) is 2.91. The summed E-state index contributed by atoms with van der Waals surface area (Å²) in [6.07, 6.45) is 5.51. The SMILES string of the molecule is Cn1cc(CNc2nnc(-c3cccs3)o2)c(-c2cccnc2)n1. The van der Waals surface area contributed by atoms with E-state index in [2.05, 4.69) is 25.6 Å². The number of nitrogens with one attached hydrogen (secondary N) is 1. The zero-order valence-electron chi connectivity index (χ0n) is 12.9. The molecule has 4 aromatic rings. The second-order valence-corrected chi connectivity index (χ2v) is 6.11. The lowest BCUT2D eigenvalue weighted by atomic mass is 10.1. The van der Waals surface area contributed by atoms with E-state index in [0.29, 0.717) is 18.5 Å². The molecule has 7 nitrogen and oxygen atoms in total. The van der Waals surface area contributed by atoms with E-state index >= 15 is 0 Å². The number of aromatic nitrogens is 5. The Bertz CT molecular complexity index is 929. The number of pyridine rings is 1. The third-order valence-corrected chi connectivity index (χ3v) is 4.28. The Kier molecular flexibility index (Phi) is 3.80. The van der Waals surface area contributed by atoms with Gasteiger partial charge >= 0.3 is 6.01 Å². The first-order chi connectivity index (χ1) is 11.8. The van der Waals surface area contributed by atoms with Gasteiger partial charge < -0.3 is 9.73 Å². The highest BCUT2D eigenvalue weighted by Crippen LogP contribution is 2.25. The lowest BCUT2D eigenvalue weighted by Gasteiger charge is -2.02. The van der Waals surface area contributed by atoms with Crippen LogP contribution in [0.15, 0.2) is 52.7 Å². The molecular formula is C16H14N6OS. The molecule has 24 heavy (non-hydrogen) atoms. The molecule has 0 aromatic carbocycles. The fourth-order valence-electron chi connectivity index (χ4n) is 2.38. The van der Waals surface area contributed by atoms with E-state index in [0.717, 1.165) is 21.7 Å². The minimum atomic E-state index is 0.388. The summed E-state index contributed by atoms with van der Waals surface area (Å²) in [6, 6.07) is 8.17. The van der Waals surface area contributed by atoms with Gasteiger partial charge in [-0.2, -0.15) is 5.10 Å². The molecule has 0 atom stereocenters. The molecule has 8 heteroatoms. The van der Waals surface area contributed by atoms with Crippen molar-refractivity contribution in [3.8, 4) is 22.0 Å². The molecule has 120 valence electrons. The summed E-state index contributed by atoms with van der Waals surface area (Å²) in [5.74, 6) is 0.520.